The van der Waals surface area contributed by atoms with E-state index in [9.17, 15) is 14.9 Å². The number of rotatable bonds is 8. The fourth-order valence-electron chi connectivity index (χ4n) is 3.28. The van der Waals surface area contributed by atoms with Crippen molar-refractivity contribution in [1.29, 1.82) is 5.26 Å². The van der Waals surface area contributed by atoms with Crippen molar-refractivity contribution in [2.75, 3.05) is 12.4 Å². The third-order valence-corrected chi connectivity index (χ3v) is 5.92. The zero-order chi connectivity index (χ0) is 22.2. The second-order valence-corrected chi connectivity index (χ2v) is 8.20. The van der Waals surface area contributed by atoms with Gasteiger partial charge in [0.05, 0.1) is 29.0 Å². The van der Waals surface area contributed by atoms with E-state index in [-0.39, 0.29) is 29.9 Å². The van der Waals surface area contributed by atoms with E-state index in [1.54, 1.807) is 0 Å². The smallest absolute Gasteiger partial charge is 0.230 e. The summed E-state index contributed by atoms with van der Waals surface area (Å²) in [5.74, 6) is 0.192. The van der Waals surface area contributed by atoms with Crippen LogP contribution in [-0.4, -0.2) is 24.2 Å². The van der Waals surface area contributed by atoms with Gasteiger partial charge in [-0.1, -0.05) is 53.7 Å². The van der Waals surface area contributed by atoms with Crippen LogP contribution in [0.4, 0.5) is 0 Å². The number of nitrogens with zero attached hydrogens (tertiary/aromatic N) is 1. The van der Waals surface area contributed by atoms with Crippen LogP contribution in [0.2, 0.25) is 0 Å². The average Bonchev–Trinajstić information content (AvgIpc) is 2.77. The summed E-state index contributed by atoms with van der Waals surface area (Å²) in [7, 11) is 0. The fourth-order valence-corrected chi connectivity index (χ4v) is 4.18. The molecule has 0 radical (unpaired) electrons. The van der Waals surface area contributed by atoms with Crippen LogP contribution in [0.3, 0.4) is 0 Å². The van der Waals surface area contributed by atoms with Gasteiger partial charge in [0, 0.05) is 18.9 Å². The first-order valence-corrected chi connectivity index (χ1v) is 11.1. The van der Waals surface area contributed by atoms with E-state index in [0.717, 1.165) is 22.4 Å². The Kier molecular flexibility index (Phi) is 7.74. The summed E-state index contributed by atoms with van der Waals surface area (Å²) in [5.41, 5.74) is 3.52. The van der Waals surface area contributed by atoms with Crippen molar-refractivity contribution < 1.29 is 14.3 Å². The predicted molar refractivity (Wildman–Crippen MR) is 121 cm³/mol. The van der Waals surface area contributed by atoms with Crippen LogP contribution >= 0.6 is 11.8 Å². The minimum Gasteiger partial charge on any atom is -0.494 e. The van der Waals surface area contributed by atoms with Gasteiger partial charge in [0.2, 0.25) is 11.8 Å². The first kappa shape index (κ1) is 22.4. The van der Waals surface area contributed by atoms with Crippen molar-refractivity contribution >= 4 is 23.6 Å². The Morgan fingerprint density at radius 2 is 1.94 bits per heavy atom. The molecule has 1 aliphatic rings. The predicted octanol–water partition coefficient (Wildman–Crippen LogP) is 3.78. The van der Waals surface area contributed by atoms with Crippen LogP contribution < -0.4 is 15.4 Å². The molecule has 31 heavy (non-hydrogen) atoms. The van der Waals surface area contributed by atoms with Crippen LogP contribution in [0, 0.1) is 18.3 Å². The summed E-state index contributed by atoms with van der Waals surface area (Å²) in [6.45, 7) is 4.93. The van der Waals surface area contributed by atoms with Gasteiger partial charge in [-0.25, -0.2) is 0 Å². The number of hydrogen-bond acceptors (Lipinski definition) is 5. The van der Waals surface area contributed by atoms with E-state index in [1.807, 2.05) is 62.4 Å². The Hall–Kier alpha value is -3.24. The lowest BCUT2D eigenvalue weighted by atomic mass is 9.87. The largest absolute Gasteiger partial charge is 0.494 e. The lowest BCUT2D eigenvalue weighted by Gasteiger charge is -2.25. The number of carbonyl (C=O) groups is 2. The molecule has 2 N–H and O–H groups in total. The van der Waals surface area contributed by atoms with Crippen LogP contribution in [0.25, 0.3) is 0 Å². The number of aryl methyl sites for hydroxylation is 1. The zero-order valence-electron chi connectivity index (χ0n) is 17.6. The molecule has 0 spiro atoms. The molecule has 0 saturated heterocycles. The molecule has 0 saturated carbocycles. The number of amides is 2. The first-order valence-electron chi connectivity index (χ1n) is 10.1. The molecule has 1 atom stereocenters. The highest BCUT2D eigenvalue weighted by molar-refractivity contribution is 8.03. The normalized spacial score (nSPS) is 15.8. The average molecular weight is 436 g/mol. The minimum absolute atomic E-state index is 0.114. The standard InChI is InChI=1S/C24H25N3O3S/c1-3-30-19-10-8-18(9-11-19)20-12-22(28)27-24(21(20)13-25)31-15-23(29)26-14-17-6-4-16(2)5-7-17/h4-11,20H,3,12,14-15H2,1-2H3,(H,26,29)(H,27,28)/t20-/m0/s1. The highest BCUT2D eigenvalue weighted by Crippen LogP contribution is 2.36. The van der Waals surface area contributed by atoms with Gasteiger partial charge in [0.1, 0.15) is 5.75 Å². The van der Waals surface area contributed by atoms with Crippen molar-refractivity contribution in [3.8, 4) is 11.8 Å². The van der Waals surface area contributed by atoms with E-state index in [2.05, 4.69) is 16.7 Å². The van der Waals surface area contributed by atoms with Gasteiger partial charge in [0.25, 0.3) is 0 Å². The number of thioether (sulfide) groups is 1. The van der Waals surface area contributed by atoms with Gasteiger partial charge in [-0.2, -0.15) is 5.26 Å². The van der Waals surface area contributed by atoms with Gasteiger partial charge in [-0.15, -0.1) is 0 Å². The molecule has 0 aromatic heterocycles. The number of nitriles is 1. The van der Waals surface area contributed by atoms with Gasteiger partial charge in [-0.3, -0.25) is 9.59 Å². The van der Waals surface area contributed by atoms with Crippen molar-refractivity contribution in [2.45, 2.75) is 32.7 Å². The molecule has 1 aliphatic heterocycles. The molecule has 2 aromatic rings. The molecule has 1 heterocycles. The SMILES string of the molecule is CCOc1ccc([C@@H]2CC(=O)NC(SCC(=O)NCc3ccc(C)cc3)=C2C#N)cc1. The Morgan fingerprint density at radius 1 is 1.23 bits per heavy atom. The number of benzene rings is 2. The Balaban J connectivity index is 1.66. The molecule has 0 fully saturated rings. The van der Waals surface area contributed by atoms with E-state index in [4.69, 9.17) is 4.74 Å². The molecule has 0 bridgehead atoms. The van der Waals surface area contributed by atoms with E-state index in [1.165, 1.54) is 11.8 Å². The maximum atomic E-state index is 12.3. The van der Waals surface area contributed by atoms with Crippen LogP contribution in [-0.2, 0) is 16.1 Å². The van der Waals surface area contributed by atoms with Gasteiger partial charge >= 0.3 is 0 Å². The lowest BCUT2D eigenvalue weighted by Crippen LogP contribution is -2.32. The molecule has 0 aliphatic carbocycles. The van der Waals surface area contributed by atoms with Gasteiger partial charge in [-0.05, 0) is 37.1 Å². The van der Waals surface area contributed by atoms with Crippen LogP contribution in [0.1, 0.15) is 36.0 Å². The lowest BCUT2D eigenvalue weighted by molar-refractivity contribution is -0.121. The first-order chi connectivity index (χ1) is 15.0. The summed E-state index contributed by atoms with van der Waals surface area (Å²) in [5, 5.41) is 15.8. The van der Waals surface area contributed by atoms with Crippen molar-refractivity contribution in [3.05, 3.63) is 75.8 Å². The maximum Gasteiger partial charge on any atom is 0.230 e. The highest BCUT2D eigenvalue weighted by atomic mass is 32.2. The molecule has 2 amide bonds. The Bertz CT molecular complexity index is 1010. The molecule has 0 unspecified atom stereocenters. The Morgan fingerprint density at radius 3 is 2.58 bits per heavy atom. The Labute approximate surface area is 186 Å². The number of allylic oxidation sites excluding steroid dienone is 1. The topological polar surface area (TPSA) is 91.2 Å². The number of hydrogen-bond donors (Lipinski definition) is 2. The zero-order valence-corrected chi connectivity index (χ0v) is 18.4. The molecular weight excluding hydrogens is 410 g/mol. The van der Waals surface area contributed by atoms with Crippen molar-refractivity contribution in [2.24, 2.45) is 0 Å². The summed E-state index contributed by atoms with van der Waals surface area (Å²) >= 11 is 1.18. The molecule has 6 nitrogen and oxygen atoms in total. The molecule has 3 rings (SSSR count). The summed E-state index contributed by atoms with van der Waals surface area (Å²) in [4.78, 5) is 24.6. The second kappa shape index (κ2) is 10.7. The quantitative estimate of drug-likeness (QED) is 0.658. The second-order valence-electron chi connectivity index (χ2n) is 7.21. The number of carbonyl (C=O) groups excluding carboxylic acids is 2. The van der Waals surface area contributed by atoms with E-state index < -0.39 is 0 Å². The maximum absolute atomic E-state index is 12.3. The van der Waals surface area contributed by atoms with Crippen LogP contribution in [0.5, 0.6) is 5.75 Å². The summed E-state index contributed by atoms with van der Waals surface area (Å²) < 4.78 is 5.46. The number of nitrogens with one attached hydrogen (secondary N) is 2. The van der Waals surface area contributed by atoms with E-state index in [0.29, 0.717) is 23.8 Å². The van der Waals surface area contributed by atoms with Gasteiger partial charge in [0.15, 0.2) is 0 Å². The summed E-state index contributed by atoms with van der Waals surface area (Å²) in [6.07, 6.45) is 0.195. The van der Waals surface area contributed by atoms with Crippen LogP contribution in [0.15, 0.2) is 59.1 Å². The van der Waals surface area contributed by atoms with Crippen molar-refractivity contribution in [1.82, 2.24) is 10.6 Å². The van der Waals surface area contributed by atoms with Crippen molar-refractivity contribution in [3.63, 3.8) is 0 Å². The van der Waals surface area contributed by atoms with Gasteiger partial charge < -0.3 is 15.4 Å². The highest BCUT2D eigenvalue weighted by Gasteiger charge is 2.29. The fraction of sp³-hybridized carbons (Fsp3) is 0.292. The monoisotopic (exact) mass is 435 g/mol. The third kappa shape index (κ3) is 6.12. The molecule has 2 aromatic carbocycles. The third-order valence-electron chi connectivity index (χ3n) is 4.91. The molecular formula is C24H25N3O3S. The minimum atomic E-state index is -0.340. The number of ether oxygens (including phenoxy) is 1. The molecule has 7 heteroatoms. The molecule has 160 valence electrons. The van der Waals surface area contributed by atoms with E-state index >= 15 is 0 Å². The summed E-state index contributed by atoms with van der Waals surface area (Å²) in [6, 6.07) is 17.6.